The second-order valence-corrected chi connectivity index (χ2v) is 4.89. The average Bonchev–Trinajstić information content (AvgIpc) is 2.70. The monoisotopic (exact) mass is 217 g/mol. The van der Waals surface area contributed by atoms with Crippen molar-refractivity contribution < 1.29 is 4.79 Å². The average molecular weight is 217 g/mol. The van der Waals surface area contributed by atoms with Crippen molar-refractivity contribution in [2.75, 3.05) is 6.54 Å². The van der Waals surface area contributed by atoms with Crippen LogP contribution in [-0.2, 0) is 11.2 Å². The maximum absolute atomic E-state index is 12.2. The minimum atomic E-state index is -0.289. The molecule has 0 aliphatic carbocycles. The zero-order valence-corrected chi connectivity index (χ0v) is 10.0. The summed E-state index contributed by atoms with van der Waals surface area (Å²) >= 11 is 0. The zero-order chi connectivity index (χ0) is 11.6. The molecule has 1 aromatic carbocycles. The van der Waals surface area contributed by atoms with Crippen LogP contribution in [-0.4, -0.2) is 17.9 Å². The first kappa shape index (κ1) is 11.3. The number of rotatable bonds is 3. The van der Waals surface area contributed by atoms with E-state index in [1.165, 1.54) is 5.56 Å². The Kier molecular flexibility index (Phi) is 3.10. The lowest BCUT2D eigenvalue weighted by atomic mass is 9.89. The molecule has 16 heavy (non-hydrogen) atoms. The smallest absolute Gasteiger partial charge is 0.156 e. The van der Waals surface area contributed by atoms with Crippen molar-refractivity contribution >= 4 is 5.78 Å². The molecular weight excluding hydrogens is 198 g/mol. The Morgan fingerprint density at radius 1 is 1.44 bits per heavy atom. The number of ketones is 1. The van der Waals surface area contributed by atoms with Crippen molar-refractivity contribution in [1.82, 2.24) is 5.32 Å². The fourth-order valence-electron chi connectivity index (χ4n) is 2.31. The van der Waals surface area contributed by atoms with Gasteiger partial charge in [0.1, 0.15) is 0 Å². The van der Waals surface area contributed by atoms with Gasteiger partial charge in [0.05, 0.1) is 5.54 Å². The van der Waals surface area contributed by atoms with Crippen LogP contribution >= 0.6 is 0 Å². The Bertz CT molecular complexity index is 391. The molecule has 2 nitrogen and oxygen atoms in total. The predicted octanol–water partition coefficient (Wildman–Crippen LogP) is 2.25. The van der Waals surface area contributed by atoms with Crippen LogP contribution in [0.2, 0.25) is 0 Å². The van der Waals surface area contributed by atoms with E-state index in [0.29, 0.717) is 12.2 Å². The van der Waals surface area contributed by atoms with Crippen LogP contribution in [0, 0.1) is 6.92 Å². The second-order valence-electron chi connectivity index (χ2n) is 4.89. The summed E-state index contributed by atoms with van der Waals surface area (Å²) in [5.74, 6) is 0.319. The number of aryl methyl sites for hydroxylation is 1. The summed E-state index contributed by atoms with van der Waals surface area (Å²) < 4.78 is 0. The molecule has 1 unspecified atom stereocenters. The van der Waals surface area contributed by atoms with Gasteiger partial charge in [0.25, 0.3) is 0 Å². The largest absolute Gasteiger partial charge is 0.305 e. The van der Waals surface area contributed by atoms with Gasteiger partial charge in [0.15, 0.2) is 5.78 Å². The van der Waals surface area contributed by atoms with Crippen LogP contribution in [0.25, 0.3) is 0 Å². The number of benzene rings is 1. The molecule has 0 aromatic heterocycles. The van der Waals surface area contributed by atoms with Crippen LogP contribution < -0.4 is 5.32 Å². The molecule has 1 aliphatic heterocycles. The molecule has 0 radical (unpaired) electrons. The molecule has 0 amide bonds. The van der Waals surface area contributed by atoms with Crippen LogP contribution in [0.3, 0.4) is 0 Å². The van der Waals surface area contributed by atoms with Gasteiger partial charge < -0.3 is 5.32 Å². The van der Waals surface area contributed by atoms with Gasteiger partial charge in [0, 0.05) is 6.42 Å². The Hall–Kier alpha value is -1.15. The van der Waals surface area contributed by atoms with E-state index in [1.807, 2.05) is 25.1 Å². The number of carbonyl (C=O) groups excluding carboxylic acids is 1. The van der Waals surface area contributed by atoms with Crippen molar-refractivity contribution in [3.05, 3.63) is 35.4 Å². The summed E-state index contributed by atoms with van der Waals surface area (Å²) in [5.41, 5.74) is 2.07. The highest BCUT2D eigenvalue weighted by Crippen LogP contribution is 2.22. The highest BCUT2D eigenvalue weighted by molar-refractivity contribution is 5.90. The normalized spacial score (nSPS) is 24.6. The van der Waals surface area contributed by atoms with Crippen LogP contribution in [0.15, 0.2) is 24.3 Å². The van der Waals surface area contributed by atoms with Crippen LogP contribution in [0.1, 0.15) is 30.9 Å². The van der Waals surface area contributed by atoms with E-state index in [2.05, 4.69) is 18.3 Å². The molecular formula is C14H19NO. The van der Waals surface area contributed by atoms with Crippen molar-refractivity contribution in [3.8, 4) is 0 Å². The maximum Gasteiger partial charge on any atom is 0.156 e. The Balaban J connectivity index is 2.10. The maximum atomic E-state index is 12.2. The molecule has 1 saturated heterocycles. The standard InChI is InChI=1S/C14H19NO/c1-11-6-3-4-7-12(11)10-13(16)14(2)8-5-9-15-14/h3-4,6-7,15H,5,8-10H2,1-2H3. The van der Waals surface area contributed by atoms with E-state index in [1.54, 1.807) is 0 Å². The van der Waals surface area contributed by atoms with Crippen molar-refractivity contribution in [2.45, 2.75) is 38.6 Å². The fourth-order valence-corrected chi connectivity index (χ4v) is 2.31. The number of Topliss-reactive ketones (excluding diaryl/α,β-unsaturated/α-hetero) is 1. The van der Waals surface area contributed by atoms with E-state index >= 15 is 0 Å². The van der Waals surface area contributed by atoms with E-state index < -0.39 is 0 Å². The van der Waals surface area contributed by atoms with Gasteiger partial charge in [-0.25, -0.2) is 0 Å². The summed E-state index contributed by atoms with van der Waals surface area (Å²) in [5, 5.41) is 3.32. The lowest BCUT2D eigenvalue weighted by Gasteiger charge is -2.22. The topological polar surface area (TPSA) is 29.1 Å². The van der Waals surface area contributed by atoms with Crippen molar-refractivity contribution in [3.63, 3.8) is 0 Å². The summed E-state index contributed by atoms with van der Waals surface area (Å²) in [6, 6.07) is 8.12. The minimum Gasteiger partial charge on any atom is -0.305 e. The Morgan fingerprint density at radius 3 is 2.81 bits per heavy atom. The summed E-state index contributed by atoms with van der Waals surface area (Å²) in [6.07, 6.45) is 2.63. The molecule has 0 saturated carbocycles. The molecule has 1 heterocycles. The first-order valence-electron chi connectivity index (χ1n) is 5.95. The van der Waals surface area contributed by atoms with Crippen LogP contribution in [0.5, 0.6) is 0 Å². The molecule has 1 aliphatic rings. The van der Waals surface area contributed by atoms with Gasteiger partial charge in [-0.1, -0.05) is 24.3 Å². The lowest BCUT2D eigenvalue weighted by molar-refractivity contribution is -0.123. The van der Waals surface area contributed by atoms with Gasteiger partial charge in [-0.3, -0.25) is 4.79 Å². The number of hydrogen-bond donors (Lipinski definition) is 1. The van der Waals surface area contributed by atoms with Crippen molar-refractivity contribution in [1.29, 1.82) is 0 Å². The first-order chi connectivity index (χ1) is 7.62. The van der Waals surface area contributed by atoms with Gasteiger partial charge in [-0.2, -0.15) is 0 Å². The number of nitrogens with one attached hydrogen (secondary N) is 1. The van der Waals surface area contributed by atoms with Gasteiger partial charge in [0.2, 0.25) is 0 Å². The third-order valence-corrected chi connectivity index (χ3v) is 3.60. The first-order valence-corrected chi connectivity index (χ1v) is 5.95. The van der Waals surface area contributed by atoms with E-state index in [4.69, 9.17) is 0 Å². The van der Waals surface area contributed by atoms with Crippen LogP contribution in [0.4, 0.5) is 0 Å². The SMILES string of the molecule is Cc1ccccc1CC(=O)C1(C)CCCN1. The molecule has 86 valence electrons. The number of carbonyl (C=O) groups is 1. The molecule has 0 bridgehead atoms. The summed E-state index contributed by atoms with van der Waals surface area (Å²) in [7, 11) is 0. The van der Waals surface area contributed by atoms with Crippen molar-refractivity contribution in [2.24, 2.45) is 0 Å². The molecule has 1 N–H and O–H groups in total. The lowest BCUT2D eigenvalue weighted by Crippen LogP contribution is -2.45. The quantitative estimate of drug-likeness (QED) is 0.841. The van der Waals surface area contributed by atoms with Gasteiger partial charge in [-0.15, -0.1) is 0 Å². The zero-order valence-electron chi connectivity index (χ0n) is 10.0. The minimum absolute atomic E-state index is 0.289. The van der Waals surface area contributed by atoms with E-state index in [9.17, 15) is 4.79 Å². The highest BCUT2D eigenvalue weighted by atomic mass is 16.1. The third kappa shape index (κ3) is 2.17. The Labute approximate surface area is 97.1 Å². The van der Waals surface area contributed by atoms with E-state index in [0.717, 1.165) is 24.9 Å². The summed E-state index contributed by atoms with van der Waals surface area (Å²) in [6.45, 7) is 5.06. The molecule has 2 rings (SSSR count). The number of hydrogen-bond acceptors (Lipinski definition) is 2. The molecule has 0 spiro atoms. The van der Waals surface area contributed by atoms with Gasteiger partial charge in [-0.05, 0) is 44.4 Å². The van der Waals surface area contributed by atoms with E-state index in [-0.39, 0.29) is 5.54 Å². The Morgan fingerprint density at radius 2 is 2.19 bits per heavy atom. The summed E-state index contributed by atoms with van der Waals surface area (Å²) in [4.78, 5) is 12.2. The highest BCUT2D eigenvalue weighted by Gasteiger charge is 2.35. The molecule has 2 heteroatoms. The predicted molar refractivity (Wildman–Crippen MR) is 65.5 cm³/mol. The third-order valence-electron chi connectivity index (χ3n) is 3.60. The van der Waals surface area contributed by atoms with Gasteiger partial charge >= 0.3 is 0 Å². The molecule has 1 aromatic rings. The molecule has 1 fully saturated rings. The second kappa shape index (κ2) is 4.38. The fraction of sp³-hybridized carbons (Fsp3) is 0.500. The molecule has 1 atom stereocenters.